The number of benzene rings is 2. The Balaban J connectivity index is 1.73. The van der Waals surface area contributed by atoms with Crippen LogP contribution in [0.25, 0.3) is 0 Å². The van der Waals surface area contributed by atoms with E-state index in [2.05, 4.69) is 12.2 Å². The molecule has 1 heterocycles. The second kappa shape index (κ2) is 12.3. The van der Waals surface area contributed by atoms with E-state index >= 15 is 0 Å². The number of sulfone groups is 1. The molecule has 2 N–H and O–H groups in total. The van der Waals surface area contributed by atoms with Crippen molar-refractivity contribution < 1.29 is 32.6 Å². The highest BCUT2D eigenvalue weighted by Gasteiger charge is 2.37. The molecule has 0 aliphatic carbocycles. The van der Waals surface area contributed by atoms with E-state index in [0.29, 0.717) is 24.8 Å². The number of rotatable bonds is 13. The van der Waals surface area contributed by atoms with Crippen molar-refractivity contribution in [1.82, 2.24) is 4.90 Å². The van der Waals surface area contributed by atoms with Crippen molar-refractivity contribution in [2.75, 3.05) is 38.0 Å². The number of fused-ring (bicyclic) bond motifs is 1. The van der Waals surface area contributed by atoms with Crippen molar-refractivity contribution in [2.24, 2.45) is 0 Å². The second-order valence-electron chi connectivity index (χ2n) is 9.60. The van der Waals surface area contributed by atoms with Gasteiger partial charge < -0.3 is 24.8 Å². The van der Waals surface area contributed by atoms with Gasteiger partial charge in [-0.2, -0.15) is 0 Å². The first kappa shape index (κ1) is 28.3. The molecular formula is C27H36N2O7S. The number of nitrogens with one attached hydrogen (secondary N) is 1. The molecule has 9 nitrogen and oxygen atoms in total. The van der Waals surface area contributed by atoms with Crippen LogP contribution in [0.15, 0.2) is 42.5 Å². The Hall–Kier alpha value is -3.27. The molecule has 3 atom stereocenters. The summed E-state index contributed by atoms with van der Waals surface area (Å²) in [4.78, 5) is 24.8. The largest absolute Gasteiger partial charge is 0.497 e. The summed E-state index contributed by atoms with van der Waals surface area (Å²) >= 11 is 0. The molecule has 3 rings (SSSR count). The van der Waals surface area contributed by atoms with Crippen LogP contribution in [0.1, 0.15) is 54.4 Å². The summed E-state index contributed by atoms with van der Waals surface area (Å²) in [7, 11) is 0.183. The average Bonchev–Trinajstić information content (AvgIpc) is 3.19. The van der Waals surface area contributed by atoms with Crippen LogP contribution >= 0.6 is 0 Å². The van der Waals surface area contributed by atoms with Crippen LogP contribution in [0.2, 0.25) is 0 Å². The van der Waals surface area contributed by atoms with Crippen LogP contribution < -0.4 is 14.8 Å². The molecule has 0 saturated heterocycles. The molecule has 0 spiro atoms. The van der Waals surface area contributed by atoms with E-state index in [4.69, 9.17) is 14.6 Å². The molecule has 1 amide bonds. The van der Waals surface area contributed by atoms with E-state index in [0.717, 1.165) is 22.7 Å². The van der Waals surface area contributed by atoms with E-state index in [1.165, 1.54) is 11.2 Å². The second-order valence-corrected chi connectivity index (χ2v) is 11.9. The number of carboxylic acids is 1. The molecule has 3 unspecified atom stereocenters. The highest BCUT2D eigenvalue weighted by Crippen LogP contribution is 2.42. The van der Waals surface area contributed by atoms with Gasteiger partial charge in [-0.25, -0.2) is 8.42 Å². The summed E-state index contributed by atoms with van der Waals surface area (Å²) in [5, 5.41) is 12.4. The maximum atomic E-state index is 12.6. The van der Waals surface area contributed by atoms with Crippen LogP contribution in [0.5, 0.6) is 11.5 Å². The summed E-state index contributed by atoms with van der Waals surface area (Å²) in [6, 6.07) is 12.7. The minimum Gasteiger partial charge on any atom is -0.497 e. The molecular weight excluding hydrogens is 496 g/mol. The minimum atomic E-state index is -3.03. The Kier molecular flexibility index (Phi) is 9.42. The smallest absolute Gasteiger partial charge is 0.305 e. The Morgan fingerprint density at radius 1 is 1.16 bits per heavy atom. The fourth-order valence-corrected chi connectivity index (χ4v) is 5.26. The van der Waals surface area contributed by atoms with Gasteiger partial charge in [-0.1, -0.05) is 13.3 Å². The number of nitrogens with zero attached hydrogens (tertiary/aromatic N) is 1. The summed E-state index contributed by atoms with van der Waals surface area (Å²) in [6.07, 6.45) is 2.93. The van der Waals surface area contributed by atoms with Crippen molar-refractivity contribution in [2.45, 2.75) is 50.7 Å². The number of hydrogen-bond acceptors (Lipinski definition) is 7. The number of carboxylic acid groups (broad SMARTS) is 1. The monoisotopic (exact) mass is 532 g/mol. The Morgan fingerprint density at radius 2 is 1.86 bits per heavy atom. The zero-order valence-electron chi connectivity index (χ0n) is 21.8. The van der Waals surface area contributed by atoms with E-state index in [-0.39, 0.29) is 42.7 Å². The molecule has 0 saturated carbocycles. The van der Waals surface area contributed by atoms with Crippen LogP contribution in [0, 0.1) is 0 Å². The quantitative estimate of drug-likeness (QED) is 0.374. The number of carbonyl (C=O) groups is 2. The predicted octanol–water partition coefficient (Wildman–Crippen LogP) is 3.80. The summed E-state index contributed by atoms with van der Waals surface area (Å²) in [5.74, 6) is 0.603. The number of aliphatic carboxylic acids is 1. The van der Waals surface area contributed by atoms with Crippen molar-refractivity contribution in [3.63, 3.8) is 0 Å². The summed E-state index contributed by atoms with van der Waals surface area (Å²) in [5.41, 5.74) is 2.34. The number of carbonyl (C=O) groups excluding carboxylic acids is 1. The number of ether oxygens (including phenoxy) is 2. The molecule has 1 aliphatic rings. The zero-order valence-corrected chi connectivity index (χ0v) is 22.6. The van der Waals surface area contributed by atoms with Crippen LogP contribution in [0.3, 0.4) is 0 Å². The molecule has 0 bridgehead atoms. The van der Waals surface area contributed by atoms with E-state index in [1.807, 2.05) is 30.3 Å². The Morgan fingerprint density at radius 3 is 2.49 bits per heavy atom. The Bertz CT molecular complexity index is 1200. The fraction of sp³-hybridized carbons (Fsp3) is 0.481. The van der Waals surface area contributed by atoms with Crippen LogP contribution in [0.4, 0.5) is 5.69 Å². The molecule has 0 radical (unpaired) electrons. The third kappa shape index (κ3) is 7.85. The lowest BCUT2D eigenvalue weighted by Crippen LogP contribution is -2.38. The van der Waals surface area contributed by atoms with Gasteiger partial charge in [0.2, 0.25) is 0 Å². The van der Waals surface area contributed by atoms with Crippen LogP contribution in [-0.2, 0) is 14.6 Å². The lowest BCUT2D eigenvalue weighted by Gasteiger charge is -2.28. The standard InChI is InChI=1S/C27H36N2O7S/c1-18-22-17-21(35-3)12-13-24(22)36-26(18)23(7-5-6-16-37(4,33)34)28-20-10-8-19(9-11-20)27(32)29(2)15-14-25(30)31/h8-13,17-18,23,26,28H,5-7,14-16H2,1-4H3,(H,30,31). The van der Waals surface area contributed by atoms with Crippen molar-refractivity contribution in [3.8, 4) is 11.5 Å². The normalized spacial score (nSPS) is 17.4. The first-order chi connectivity index (χ1) is 17.5. The van der Waals surface area contributed by atoms with Gasteiger partial charge in [-0.3, -0.25) is 9.59 Å². The van der Waals surface area contributed by atoms with Gasteiger partial charge in [0.25, 0.3) is 5.91 Å². The van der Waals surface area contributed by atoms with Gasteiger partial charge in [0.1, 0.15) is 27.4 Å². The van der Waals surface area contributed by atoms with Crippen molar-refractivity contribution in [3.05, 3.63) is 53.6 Å². The van der Waals surface area contributed by atoms with Crippen molar-refractivity contribution >= 4 is 27.4 Å². The van der Waals surface area contributed by atoms with Gasteiger partial charge in [-0.15, -0.1) is 0 Å². The number of unbranched alkanes of at least 4 members (excludes halogenated alkanes) is 1. The fourth-order valence-electron chi connectivity index (χ4n) is 4.53. The molecule has 0 fully saturated rings. The maximum Gasteiger partial charge on any atom is 0.305 e. The lowest BCUT2D eigenvalue weighted by atomic mass is 9.90. The molecule has 2 aromatic carbocycles. The maximum absolute atomic E-state index is 12.6. The number of methoxy groups -OCH3 is 1. The molecule has 37 heavy (non-hydrogen) atoms. The summed E-state index contributed by atoms with van der Waals surface area (Å²) < 4.78 is 34.9. The first-order valence-electron chi connectivity index (χ1n) is 12.3. The van der Waals surface area contributed by atoms with Gasteiger partial charge in [-0.05, 0) is 55.3 Å². The van der Waals surface area contributed by atoms with E-state index < -0.39 is 15.8 Å². The SMILES string of the molecule is COc1ccc2c(c1)C(C)C(C(CCCCS(C)(=O)=O)Nc1ccc(C(=O)N(C)CCC(=O)O)cc1)O2. The topological polar surface area (TPSA) is 122 Å². The molecule has 0 aromatic heterocycles. The van der Waals surface area contributed by atoms with E-state index in [9.17, 15) is 18.0 Å². The first-order valence-corrected chi connectivity index (χ1v) is 14.4. The number of amides is 1. The summed E-state index contributed by atoms with van der Waals surface area (Å²) in [6.45, 7) is 2.24. The predicted molar refractivity (Wildman–Crippen MR) is 142 cm³/mol. The Labute approximate surface area is 218 Å². The average molecular weight is 533 g/mol. The van der Waals surface area contributed by atoms with Gasteiger partial charge >= 0.3 is 5.97 Å². The van der Waals surface area contributed by atoms with Gasteiger partial charge in [0.05, 0.1) is 19.6 Å². The van der Waals surface area contributed by atoms with Gasteiger partial charge in [0, 0.05) is 48.3 Å². The molecule has 202 valence electrons. The zero-order chi connectivity index (χ0) is 27.2. The number of anilines is 1. The third-order valence-electron chi connectivity index (χ3n) is 6.63. The van der Waals surface area contributed by atoms with Crippen molar-refractivity contribution in [1.29, 1.82) is 0 Å². The minimum absolute atomic E-state index is 0.0845. The third-order valence-corrected chi connectivity index (χ3v) is 7.66. The highest BCUT2D eigenvalue weighted by atomic mass is 32.2. The van der Waals surface area contributed by atoms with Gasteiger partial charge in [0.15, 0.2) is 0 Å². The van der Waals surface area contributed by atoms with Crippen LogP contribution in [-0.4, -0.2) is 75.2 Å². The highest BCUT2D eigenvalue weighted by molar-refractivity contribution is 7.90. The molecule has 10 heteroatoms. The molecule has 2 aromatic rings. The lowest BCUT2D eigenvalue weighted by molar-refractivity contribution is -0.137. The van der Waals surface area contributed by atoms with E-state index in [1.54, 1.807) is 26.3 Å². The molecule has 1 aliphatic heterocycles. The number of hydrogen-bond donors (Lipinski definition) is 2.